The highest BCUT2D eigenvalue weighted by Crippen LogP contribution is 2.18. The summed E-state index contributed by atoms with van der Waals surface area (Å²) in [4.78, 5) is 47.9. The van der Waals surface area contributed by atoms with E-state index in [9.17, 15) is 24.5 Å². The molecule has 27 heavy (non-hydrogen) atoms. The predicted octanol–water partition coefficient (Wildman–Crippen LogP) is 1.52. The fourth-order valence-corrected chi connectivity index (χ4v) is 2.93. The third-order valence-electron chi connectivity index (χ3n) is 4.36. The molecule has 9 heteroatoms. The number of hydrogen-bond acceptors (Lipinski definition) is 6. The normalized spacial score (nSPS) is 16.5. The van der Waals surface area contributed by atoms with Crippen molar-refractivity contribution >= 4 is 23.5 Å². The number of hydrogen-bond donors (Lipinski definition) is 1. The van der Waals surface area contributed by atoms with Crippen molar-refractivity contribution in [2.24, 2.45) is 5.92 Å². The number of nitro groups is 1. The number of nitrogens with zero attached hydrogens (tertiary/aromatic N) is 2. The summed E-state index contributed by atoms with van der Waals surface area (Å²) < 4.78 is 5.02. The number of esters is 1. The highest BCUT2D eigenvalue weighted by atomic mass is 16.6. The van der Waals surface area contributed by atoms with Crippen LogP contribution >= 0.6 is 0 Å². The molecule has 146 valence electrons. The van der Waals surface area contributed by atoms with Crippen molar-refractivity contribution in [2.75, 3.05) is 26.2 Å². The van der Waals surface area contributed by atoms with Crippen LogP contribution in [0.2, 0.25) is 0 Å². The molecular weight excluding hydrogens is 354 g/mol. The molecule has 0 unspecified atom stereocenters. The second-order valence-corrected chi connectivity index (χ2v) is 6.24. The average molecular weight is 377 g/mol. The molecule has 1 fully saturated rings. The van der Waals surface area contributed by atoms with Crippen LogP contribution in [0.15, 0.2) is 24.3 Å². The molecule has 2 rings (SSSR count). The number of amides is 2. The van der Waals surface area contributed by atoms with Gasteiger partial charge in [0, 0.05) is 43.8 Å². The van der Waals surface area contributed by atoms with Crippen LogP contribution in [0.3, 0.4) is 0 Å². The Bertz CT molecular complexity index is 704. The standard InChI is InChI=1S/C18H23N3O6/c1-2-27-18(24)14-4-3-11-20(12-14)16(22)9-10-19-17(23)13-5-7-15(8-6-13)21(25)26/h5-8,14H,2-4,9-12H2,1H3,(H,19,23)/t14-/m0/s1. The maximum absolute atomic E-state index is 12.3. The zero-order valence-electron chi connectivity index (χ0n) is 15.2. The Balaban J connectivity index is 1.78. The van der Waals surface area contributed by atoms with Gasteiger partial charge in [0.15, 0.2) is 0 Å². The number of piperidine rings is 1. The molecule has 1 N–H and O–H groups in total. The minimum Gasteiger partial charge on any atom is -0.466 e. The van der Waals surface area contributed by atoms with E-state index >= 15 is 0 Å². The lowest BCUT2D eigenvalue weighted by atomic mass is 9.98. The van der Waals surface area contributed by atoms with Crippen LogP contribution in [0.4, 0.5) is 5.69 Å². The van der Waals surface area contributed by atoms with E-state index in [0.717, 1.165) is 6.42 Å². The number of rotatable bonds is 7. The van der Waals surface area contributed by atoms with Gasteiger partial charge in [-0.25, -0.2) is 0 Å². The molecule has 0 aromatic heterocycles. The highest BCUT2D eigenvalue weighted by molar-refractivity contribution is 5.94. The van der Waals surface area contributed by atoms with Crippen molar-refractivity contribution in [2.45, 2.75) is 26.2 Å². The van der Waals surface area contributed by atoms with Crippen LogP contribution in [0.25, 0.3) is 0 Å². The molecule has 1 atom stereocenters. The molecule has 9 nitrogen and oxygen atoms in total. The predicted molar refractivity (Wildman–Crippen MR) is 96.0 cm³/mol. The molecular formula is C18H23N3O6. The summed E-state index contributed by atoms with van der Waals surface area (Å²) in [5.41, 5.74) is 0.191. The number of ether oxygens (including phenoxy) is 1. The fraction of sp³-hybridized carbons (Fsp3) is 0.500. The van der Waals surface area contributed by atoms with Crippen LogP contribution < -0.4 is 5.32 Å². The van der Waals surface area contributed by atoms with Gasteiger partial charge in [0.2, 0.25) is 5.91 Å². The van der Waals surface area contributed by atoms with Gasteiger partial charge in [-0.1, -0.05) is 0 Å². The van der Waals surface area contributed by atoms with Crippen molar-refractivity contribution in [3.8, 4) is 0 Å². The molecule has 1 saturated heterocycles. The number of nitro benzene ring substituents is 1. The van der Waals surface area contributed by atoms with E-state index in [1.165, 1.54) is 24.3 Å². The molecule has 1 aliphatic heterocycles. The topological polar surface area (TPSA) is 119 Å². The van der Waals surface area contributed by atoms with Crippen LogP contribution in [-0.2, 0) is 14.3 Å². The fourth-order valence-electron chi connectivity index (χ4n) is 2.93. The average Bonchev–Trinajstić information content (AvgIpc) is 2.68. The van der Waals surface area contributed by atoms with Crippen LogP contribution in [0, 0.1) is 16.0 Å². The van der Waals surface area contributed by atoms with Gasteiger partial charge < -0.3 is 15.0 Å². The number of likely N-dealkylation sites (tertiary alicyclic amines) is 1. The molecule has 1 aliphatic rings. The number of carbonyl (C=O) groups excluding carboxylic acids is 3. The van der Waals surface area contributed by atoms with E-state index in [1.54, 1.807) is 11.8 Å². The largest absolute Gasteiger partial charge is 0.466 e. The van der Waals surface area contributed by atoms with Crippen LogP contribution in [0.1, 0.15) is 36.5 Å². The molecule has 0 radical (unpaired) electrons. The molecule has 0 spiro atoms. The Labute approximate surface area is 156 Å². The van der Waals surface area contributed by atoms with Crippen molar-refractivity contribution < 1.29 is 24.0 Å². The lowest BCUT2D eigenvalue weighted by Crippen LogP contribution is -2.43. The molecule has 1 aromatic rings. The van der Waals surface area contributed by atoms with Crippen LogP contribution in [-0.4, -0.2) is 53.8 Å². The van der Waals surface area contributed by atoms with Crippen molar-refractivity contribution in [1.82, 2.24) is 10.2 Å². The first kappa shape index (κ1) is 20.3. The summed E-state index contributed by atoms with van der Waals surface area (Å²) in [5, 5.41) is 13.2. The van der Waals surface area contributed by atoms with E-state index < -0.39 is 10.8 Å². The summed E-state index contributed by atoms with van der Waals surface area (Å²) in [5.74, 6) is -1.10. The van der Waals surface area contributed by atoms with Gasteiger partial charge >= 0.3 is 5.97 Å². The summed E-state index contributed by atoms with van der Waals surface area (Å²) in [6.07, 6.45) is 1.57. The van der Waals surface area contributed by atoms with Gasteiger partial charge in [-0.05, 0) is 31.9 Å². The molecule has 1 heterocycles. The number of non-ortho nitro benzene ring substituents is 1. The lowest BCUT2D eigenvalue weighted by Gasteiger charge is -2.31. The maximum Gasteiger partial charge on any atom is 0.310 e. The van der Waals surface area contributed by atoms with Crippen molar-refractivity contribution in [3.05, 3.63) is 39.9 Å². The van der Waals surface area contributed by atoms with Gasteiger partial charge in [-0.2, -0.15) is 0 Å². The summed E-state index contributed by atoms with van der Waals surface area (Å²) in [6, 6.07) is 5.24. The van der Waals surface area contributed by atoms with Crippen LogP contribution in [0.5, 0.6) is 0 Å². The van der Waals surface area contributed by atoms with Gasteiger partial charge in [0.05, 0.1) is 17.4 Å². The summed E-state index contributed by atoms with van der Waals surface area (Å²) in [6.45, 7) is 3.14. The zero-order chi connectivity index (χ0) is 19.8. The summed E-state index contributed by atoms with van der Waals surface area (Å²) in [7, 11) is 0. The number of benzene rings is 1. The highest BCUT2D eigenvalue weighted by Gasteiger charge is 2.29. The Kier molecular flexibility index (Phi) is 7.27. The lowest BCUT2D eigenvalue weighted by molar-refractivity contribution is -0.384. The first-order chi connectivity index (χ1) is 12.9. The third-order valence-corrected chi connectivity index (χ3v) is 4.36. The summed E-state index contributed by atoms with van der Waals surface area (Å²) >= 11 is 0. The number of carbonyl (C=O) groups is 3. The second kappa shape index (κ2) is 9.65. The van der Waals surface area contributed by atoms with E-state index in [-0.39, 0.29) is 42.0 Å². The van der Waals surface area contributed by atoms with Gasteiger partial charge in [0.1, 0.15) is 0 Å². The first-order valence-corrected chi connectivity index (χ1v) is 8.89. The quantitative estimate of drug-likeness (QED) is 0.437. The van der Waals surface area contributed by atoms with Gasteiger partial charge in [-0.3, -0.25) is 24.5 Å². The Morgan fingerprint density at radius 3 is 2.63 bits per heavy atom. The van der Waals surface area contributed by atoms with Crippen molar-refractivity contribution in [3.63, 3.8) is 0 Å². The second-order valence-electron chi connectivity index (χ2n) is 6.24. The molecule has 0 bridgehead atoms. The Morgan fingerprint density at radius 2 is 2.00 bits per heavy atom. The molecule has 2 amide bonds. The monoisotopic (exact) mass is 377 g/mol. The molecule has 0 aliphatic carbocycles. The smallest absolute Gasteiger partial charge is 0.310 e. The Morgan fingerprint density at radius 1 is 1.30 bits per heavy atom. The van der Waals surface area contributed by atoms with Crippen molar-refractivity contribution in [1.29, 1.82) is 0 Å². The van der Waals surface area contributed by atoms with E-state index in [2.05, 4.69) is 5.32 Å². The van der Waals surface area contributed by atoms with E-state index in [1.807, 2.05) is 0 Å². The maximum atomic E-state index is 12.3. The minimum atomic E-state index is -0.539. The molecule has 0 saturated carbocycles. The Hall–Kier alpha value is -2.97. The minimum absolute atomic E-state index is 0.0945. The van der Waals surface area contributed by atoms with Gasteiger partial charge in [0.25, 0.3) is 11.6 Å². The first-order valence-electron chi connectivity index (χ1n) is 8.89. The van der Waals surface area contributed by atoms with Gasteiger partial charge in [-0.15, -0.1) is 0 Å². The van der Waals surface area contributed by atoms with E-state index in [4.69, 9.17) is 4.74 Å². The SMILES string of the molecule is CCOC(=O)[C@H]1CCCN(C(=O)CCNC(=O)c2ccc([N+](=O)[O-])cc2)C1. The molecule has 1 aromatic carbocycles. The number of nitrogens with one attached hydrogen (secondary N) is 1. The third kappa shape index (κ3) is 5.77. The zero-order valence-corrected chi connectivity index (χ0v) is 15.2. The van der Waals surface area contributed by atoms with E-state index in [0.29, 0.717) is 26.1 Å².